The fraction of sp³-hybridized carbons (Fsp3) is 0.700. The SMILES string of the molecule is CC#CC(=O)N1CC2CCCC21. The molecule has 2 heteroatoms. The minimum absolute atomic E-state index is 0.0284. The molecule has 12 heavy (non-hydrogen) atoms. The summed E-state index contributed by atoms with van der Waals surface area (Å²) in [6, 6.07) is 0.540. The number of carbonyl (C=O) groups is 1. The minimum atomic E-state index is 0.0284. The molecule has 2 unspecified atom stereocenters. The molecule has 1 aliphatic carbocycles. The summed E-state index contributed by atoms with van der Waals surface area (Å²) < 4.78 is 0. The monoisotopic (exact) mass is 163 g/mol. The molecular formula is C10H13NO. The highest BCUT2D eigenvalue weighted by Gasteiger charge is 2.43. The molecule has 1 amide bonds. The Bertz CT molecular complexity index is 261. The van der Waals surface area contributed by atoms with Gasteiger partial charge in [-0.1, -0.05) is 12.3 Å². The number of amides is 1. The third-order valence-electron chi connectivity index (χ3n) is 2.94. The van der Waals surface area contributed by atoms with Crippen LogP contribution in [-0.2, 0) is 4.79 Å². The summed E-state index contributed by atoms with van der Waals surface area (Å²) in [7, 11) is 0. The van der Waals surface area contributed by atoms with Gasteiger partial charge in [0, 0.05) is 12.6 Å². The Labute approximate surface area is 72.9 Å². The van der Waals surface area contributed by atoms with Crippen LogP contribution in [0.25, 0.3) is 0 Å². The fourth-order valence-corrected chi connectivity index (χ4v) is 2.30. The first kappa shape index (κ1) is 7.67. The lowest BCUT2D eigenvalue weighted by molar-refractivity contribution is -0.135. The molecule has 2 fully saturated rings. The van der Waals surface area contributed by atoms with Crippen LogP contribution in [0.4, 0.5) is 0 Å². The zero-order valence-corrected chi connectivity index (χ0v) is 7.34. The van der Waals surface area contributed by atoms with E-state index in [0.717, 1.165) is 12.5 Å². The van der Waals surface area contributed by atoms with Crippen molar-refractivity contribution in [1.82, 2.24) is 4.90 Å². The van der Waals surface area contributed by atoms with Gasteiger partial charge in [0.15, 0.2) is 0 Å². The zero-order valence-electron chi connectivity index (χ0n) is 7.34. The molecule has 0 aromatic rings. The first-order valence-electron chi connectivity index (χ1n) is 4.56. The molecule has 1 saturated carbocycles. The van der Waals surface area contributed by atoms with E-state index in [1.165, 1.54) is 19.3 Å². The Kier molecular flexibility index (Phi) is 1.80. The third-order valence-corrected chi connectivity index (χ3v) is 2.94. The second-order valence-electron chi connectivity index (χ2n) is 3.59. The number of rotatable bonds is 0. The van der Waals surface area contributed by atoms with Crippen LogP contribution in [0.5, 0.6) is 0 Å². The summed E-state index contributed by atoms with van der Waals surface area (Å²) in [5.74, 6) is 6.08. The largest absolute Gasteiger partial charge is 0.328 e. The summed E-state index contributed by atoms with van der Waals surface area (Å²) in [4.78, 5) is 13.2. The zero-order chi connectivity index (χ0) is 8.55. The first-order chi connectivity index (χ1) is 5.83. The molecule has 0 N–H and O–H groups in total. The van der Waals surface area contributed by atoms with Crippen molar-refractivity contribution >= 4 is 5.91 Å². The number of hydrogen-bond acceptors (Lipinski definition) is 1. The fourth-order valence-electron chi connectivity index (χ4n) is 2.30. The molecule has 64 valence electrons. The molecule has 2 atom stereocenters. The van der Waals surface area contributed by atoms with Crippen LogP contribution in [0, 0.1) is 17.8 Å². The second-order valence-corrected chi connectivity index (χ2v) is 3.59. The number of hydrogen-bond donors (Lipinski definition) is 0. The van der Waals surface area contributed by atoms with E-state index in [4.69, 9.17) is 0 Å². The Morgan fingerprint density at radius 3 is 3.00 bits per heavy atom. The van der Waals surface area contributed by atoms with Gasteiger partial charge in [0.1, 0.15) is 0 Å². The van der Waals surface area contributed by atoms with E-state index in [9.17, 15) is 4.79 Å². The van der Waals surface area contributed by atoms with Gasteiger partial charge in [0.2, 0.25) is 0 Å². The third kappa shape index (κ3) is 1.01. The van der Waals surface area contributed by atoms with Gasteiger partial charge in [0.05, 0.1) is 0 Å². The van der Waals surface area contributed by atoms with E-state index in [2.05, 4.69) is 11.8 Å². The summed E-state index contributed by atoms with van der Waals surface area (Å²) in [6.07, 6.45) is 3.80. The van der Waals surface area contributed by atoms with Gasteiger partial charge < -0.3 is 4.90 Å². The van der Waals surface area contributed by atoms with Crippen LogP contribution < -0.4 is 0 Å². The molecule has 1 heterocycles. The standard InChI is InChI=1S/C10H13NO/c1-2-4-10(12)11-7-8-5-3-6-9(8)11/h8-9H,3,5-7H2,1H3. The highest BCUT2D eigenvalue weighted by molar-refractivity contribution is 5.94. The van der Waals surface area contributed by atoms with Crippen LogP contribution in [0.2, 0.25) is 0 Å². The van der Waals surface area contributed by atoms with Gasteiger partial charge in [-0.3, -0.25) is 4.79 Å². The maximum atomic E-state index is 11.3. The van der Waals surface area contributed by atoms with Crippen LogP contribution in [0.3, 0.4) is 0 Å². The molecule has 2 rings (SSSR count). The smallest absolute Gasteiger partial charge is 0.298 e. The molecule has 0 aromatic heterocycles. The number of nitrogens with zero attached hydrogens (tertiary/aromatic N) is 1. The molecule has 1 aliphatic heterocycles. The highest BCUT2D eigenvalue weighted by Crippen LogP contribution is 2.38. The van der Waals surface area contributed by atoms with Gasteiger partial charge in [-0.25, -0.2) is 0 Å². The lowest BCUT2D eigenvalue weighted by Crippen LogP contribution is -2.55. The van der Waals surface area contributed by atoms with Crippen molar-refractivity contribution in [2.24, 2.45) is 5.92 Å². The molecule has 0 bridgehead atoms. The number of carbonyl (C=O) groups excluding carboxylic acids is 1. The molecule has 0 radical (unpaired) electrons. The van der Waals surface area contributed by atoms with Gasteiger partial charge in [0.25, 0.3) is 5.91 Å². The van der Waals surface area contributed by atoms with E-state index in [0.29, 0.717) is 6.04 Å². The minimum Gasteiger partial charge on any atom is -0.328 e. The summed E-state index contributed by atoms with van der Waals surface area (Å²) in [5.41, 5.74) is 0. The molecular weight excluding hydrogens is 150 g/mol. The van der Waals surface area contributed by atoms with Crippen molar-refractivity contribution < 1.29 is 4.79 Å². The average molecular weight is 163 g/mol. The van der Waals surface area contributed by atoms with E-state index >= 15 is 0 Å². The average Bonchev–Trinajstić information content (AvgIpc) is 2.33. The van der Waals surface area contributed by atoms with E-state index < -0.39 is 0 Å². The van der Waals surface area contributed by atoms with Crippen LogP contribution in [-0.4, -0.2) is 23.4 Å². The quantitative estimate of drug-likeness (QED) is 0.488. The molecule has 2 aliphatic rings. The molecule has 1 saturated heterocycles. The van der Waals surface area contributed by atoms with Crippen molar-refractivity contribution in [3.8, 4) is 11.8 Å². The number of likely N-dealkylation sites (tertiary alicyclic amines) is 1. The van der Waals surface area contributed by atoms with E-state index in [1.54, 1.807) is 6.92 Å². The summed E-state index contributed by atoms with van der Waals surface area (Å²) in [5, 5.41) is 0. The van der Waals surface area contributed by atoms with E-state index in [-0.39, 0.29) is 5.91 Å². The summed E-state index contributed by atoms with van der Waals surface area (Å²) >= 11 is 0. The van der Waals surface area contributed by atoms with Crippen LogP contribution in [0.15, 0.2) is 0 Å². The van der Waals surface area contributed by atoms with Gasteiger partial charge in [-0.2, -0.15) is 0 Å². The maximum absolute atomic E-state index is 11.3. The van der Waals surface area contributed by atoms with Gasteiger partial charge in [-0.05, 0) is 31.6 Å². The maximum Gasteiger partial charge on any atom is 0.298 e. The molecule has 2 nitrogen and oxygen atoms in total. The predicted octanol–water partition coefficient (Wildman–Crippen LogP) is 1.02. The van der Waals surface area contributed by atoms with Crippen LogP contribution in [0.1, 0.15) is 26.2 Å². The lowest BCUT2D eigenvalue weighted by atomic mass is 9.92. The van der Waals surface area contributed by atoms with Gasteiger partial charge >= 0.3 is 0 Å². The Morgan fingerprint density at radius 2 is 2.33 bits per heavy atom. The Hall–Kier alpha value is -0.970. The lowest BCUT2D eigenvalue weighted by Gasteiger charge is -2.43. The number of fused-ring (bicyclic) bond motifs is 1. The van der Waals surface area contributed by atoms with Gasteiger partial charge in [-0.15, -0.1) is 0 Å². The summed E-state index contributed by atoms with van der Waals surface area (Å²) in [6.45, 7) is 2.67. The Morgan fingerprint density at radius 1 is 1.50 bits per heavy atom. The van der Waals surface area contributed by atoms with Crippen molar-refractivity contribution in [2.75, 3.05) is 6.54 Å². The van der Waals surface area contributed by atoms with Crippen molar-refractivity contribution in [2.45, 2.75) is 32.2 Å². The topological polar surface area (TPSA) is 20.3 Å². The van der Waals surface area contributed by atoms with E-state index in [1.807, 2.05) is 4.90 Å². The molecule has 0 aromatic carbocycles. The first-order valence-corrected chi connectivity index (χ1v) is 4.56. The van der Waals surface area contributed by atoms with Crippen LogP contribution >= 0.6 is 0 Å². The molecule has 0 spiro atoms. The van der Waals surface area contributed by atoms with Crippen molar-refractivity contribution in [3.63, 3.8) is 0 Å². The second kappa shape index (κ2) is 2.82. The predicted molar refractivity (Wildman–Crippen MR) is 46.3 cm³/mol. The normalized spacial score (nSPS) is 31.6. The Balaban J connectivity index is 1.98. The highest BCUT2D eigenvalue weighted by atomic mass is 16.2. The van der Waals surface area contributed by atoms with Crippen molar-refractivity contribution in [3.05, 3.63) is 0 Å². The van der Waals surface area contributed by atoms with Crippen molar-refractivity contribution in [1.29, 1.82) is 0 Å².